The lowest BCUT2D eigenvalue weighted by Crippen LogP contribution is -2.54. The summed E-state index contributed by atoms with van der Waals surface area (Å²) in [6.07, 6.45) is 9.93. The number of pyridine rings is 2. The third kappa shape index (κ3) is 5.77. The van der Waals surface area contributed by atoms with Crippen LogP contribution >= 0.6 is 0 Å². The Kier molecular flexibility index (Phi) is 8.22. The Morgan fingerprint density at radius 2 is 1.86 bits per heavy atom. The topological polar surface area (TPSA) is 81.6 Å². The number of aliphatic hydroxyl groups excluding tert-OH is 1. The first kappa shape index (κ1) is 29.6. The van der Waals surface area contributed by atoms with Crippen LogP contribution in [0.1, 0.15) is 73.4 Å². The van der Waals surface area contributed by atoms with E-state index in [0.717, 1.165) is 66.5 Å². The van der Waals surface area contributed by atoms with Gasteiger partial charge in [-0.2, -0.15) is 0 Å². The van der Waals surface area contributed by atoms with Crippen molar-refractivity contribution in [3.8, 4) is 0 Å². The zero-order chi connectivity index (χ0) is 30.2. The monoisotopic (exact) mass is 589 g/mol. The minimum atomic E-state index is -0.894. The number of amides is 1. The average molecular weight is 590 g/mol. The van der Waals surface area contributed by atoms with Crippen molar-refractivity contribution in [2.75, 3.05) is 32.0 Å². The summed E-state index contributed by atoms with van der Waals surface area (Å²) in [5, 5.41) is 14.1. The van der Waals surface area contributed by atoms with Gasteiger partial charge in [0, 0.05) is 55.6 Å². The number of rotatable bonds is 5. The number of hydrogen-bond donors (Lipinski definition) is 2. The maximum Gasteiger partial charge on any atom is 0.223 e. The zero-order valence-electron chi connectivity index (χ0n) is 25.1. The molecule has 4 heterocycles. The number of carbonyl (C=O) groups is 1. The molecule has 0 radical (unpaired) electrons. The Hall–Kier alpha value is -3.43. The van der Waals surface area contributed by atoms with Crippen LogP contribution in [0.3, 0.4) is 0 Å². The molecule has 1 aromatic carbocycles. The van der Waals surface area contributed by atoms with Crippen molar-refractivity contribution >= 4 is 11.7 Å². The van der Waals surface area contributed by atoms with E-state index in [1.165, 1.54) is 12.1 Å². The molecule has 1 amide bonds. The molecular formula is C34H41F2N5O2. The molecule has 2 N–H and O–H groups in total. The van der Waals surface area contributed by atoms with E-state index >= 15 is 0 Å². The van der Waals surface area contributed by atoms with Crippen LogP contribution in [0.2, 0.25) is 0 Å². The molecule has 2 aromatic heterocycles. The van der Waals surface area contributed by atoms with Gasteiger partial charge in [-0.1, -0.05) is 25.0 Å². The highest BCUT2D eigenvalue weighted by atomic mass is 19.1. The average Bonchev–Trinajstić information content (AvgIpc) is 3.48. The van der Waals surface area contributed by atoms with Crippen molar-refractivity contribution in [2.24, 2.45) is 0 Å². The Balaban J connectivity index is 1.22. The third-order valence-corrected chi connectivity index (χ3v) is 9.73. The lowest BCUT2D eigenvalue weighted by Gasteiger charge is -2.44. The highest BCUT2D eigenvalue weighted by Gasteiger charge is 2.51. The summed E-state index contributed by atoms with van der Waals surface area (Å²) in [4.78, 5) is 27.0. The minimum Gasteiger partial charge on any atom is -0.373 e. The lowest BCUT2D eigenvalue weighted by atomic mass is 9.79. The second-order valence-electron chi connectivity index (χ2n) is 12.9. The summed E-state index contributed by atoms with van der Waals surface area (Å²) in [5.74, 6) is -0.520. The summed E-state index contributed by atoms with van der Waals surface area (Å²) in [7, 11) is 2.02. The zero-order valence-corrected chi connectivity index (χ0v) is 25.1. The van der Waals surface area contributed by atoms with Crippen molar-refractivity contribution in [1.82, 2.24) is 19.8 Å². The van der Waals surface area contributed by atoms with Gasteiger partial charge in [-0.05, 0) is 87.5 Å². The summed E-state index contributed by atoms with van der Waals surface area (Å²) in [6.45, 7) is 3.75. The van der Waals surface area contributed by atoms with Gasteiger partial charge in [-0.25, -0.2) is 13.8 Å². The Labute approximate surface area is 252 Å². The normalized spacial score (nSPS) is 26.2. The molecule has 3 aliphatic rings. The molecule has 2 aliphatic heterocycles. The van der Waals surface area contributed by atoms with Gasteiger partial charge in [0.25, 0.3) is 0 Å². The molecule has 3 atom stereocenters. The van der Waals surface area contributed by atoms with E-state index in [1.807, 2.05) is 37.2 Å². The predicted molar refractivity (Wildman–Crippen MR) is 162 cm³/mol. The number of aromatic nitrogens is 2. The number of fused-ring (bicyclic) bond motifs is 3. The summed E-state index contributed by atoms with van der Waals surface area (Å²) in [5.41, 5.74) is 3.33. The molecule has 3 aromatic rings. The van der Waals surface area contributed by atoms with E-state index in [-0.39, 0.29) is 5.91 Å². The number of hydrogen-bond acceptors (Lipinski definition) is 6. The molecule has 1 aliphatic carbocycles. The molecule has 9 heteroatoms. The molecule has 1 spiro atoms. The number of nitrogens with zero attached hydrogens (tertiary/aromatic N) is 4. The van der Waals surface area contributed by atoms with Crippen molar-refractivity contribution in [2.45, 2.75) is 81.9 Å². The van der Waals surface area contributed by atoms with Crippen LogP contribution in [0.4, 0.5) is 14.6 Å². The number of nitrogens with one attached hydrogen (secondary N) is 1. The van der Waals surface area contributed by atoms with Crippen LogP contribution in [-0.2, 0) is 35.0 Å². The number of likely N-dealkylation sites (N-methyl/N-ethyl adjacent to an activating group) is 1. The van der Waals surface area contributed by atoms with E-state index in [9.17, 15) is 18.7 Å². The fraction of sp³-hybridized carbons (Fsp3) is 0.500. The first-order valence-electron chi connectivity index (χ1n) is 15.5. The van der Waals surface area contributed by atoms with Gasteiger partial charge in [0.1, 0.15) is 23.7 Å². The number of aryl methyl sites for hydroxylation is 1. The Bertz CT molecular complexity index is 1480. The Morgan fingerprint density at radius 1 is 1.07 bits per heavy atom. The smallest absolute Gasteiger partial charge is 0.223 e. The molecule has 3 unspecified atom stereocenters. The van der Waals surface area contributed by atoms with E-state index in [0.29, 0.717) is 50.8 Å². The predicted octanol–water partition coefficient (Wildman–Crippen LogP) is 5.11. The first-order chi connectivity index (χ1) is 20.7. The second kappa shape index (κ2) is 11.9. The molecule has 6 rings (SSSR count). The fourth-order valence-electron chi connectivity index (χ4n) is 7.50. The number of anilines is 1. The van der Waals surface area contributed by atoms with Crippen LogP contribution < -0.4 is 5.32 Å². The maximum absolute atomic E-state index is 14.5. The van der Waals surface area contributed by atoms with E-state index in [1.54, 1.807) is 6.20 Å². The fourth-order valence-corrected chi connectivity index (χ4v) is 7.50. The van der Waals surface area contributed by atoms with E-state index < -0.39 is 28.8 Å². The molecular weight excluding hydrogens is 548 g/mol. The summed E-state index contributed by atoms with van der Waals surface area (Å²) in [6, 6.07) is 9.75. The highest BCUT2D eigenvalue weighted by molar-refractivity contribution is 5.77. The van der Waals surface area contributed by atoms with Crippen molar-refractivity contribution in [1.29, 1.82) is 0 Å². The summed E-state index contributed by atoms with van der Waals surface area (Å²) < 4.78 is 29.0. The summed E-state index contributed by atoms with van der Waals surface area (Å²) >= 11 is 0. The number of benzene rings is 1. The van der Waals surface area contributed by atoms with Crippen molar-refractivity contribution in [3.63, 3.8) is 0 Å². The van der Waals surface area contributed by atoms with Gasteiger partial charge in [0.05, 0.1) is 11.0 Å². The molecule has 1 saturated heterocycles. The van der Waals surface area contributed by atoms with E-state index in [2.05, 4.69) is 21.3 Å². The van der Waals surface area contributed by atoms with Crippen LogP contribution in [-0.4, -0.2) is 63.7 Å². The van der Waals surface area contributed by atoms with Crippen LogP contribution in [0.5, 0.6) is 0 Å². The van der Waals surface area contributed by atoms with Crippen molar-refractivity contribution < 1.29 is 18.7 Å². The van der Waals surface area contributed by atoms with Gasteiger partial charge in [0.2, 0.25) is 5.91 Å². The quantitative estimate of drug-likeness (QED) is 0.431. The lowest BCUT2D eigenvalue weighted by molar-refractivity contribution is -0.138. The standard InChI is InChI=1S/C34H41F2N5O2/c1-33(25-16-26(35)18-27(36)17-25)22-40(2)13-6-4-3-5-11-30(42)41(33)14-8-9-23-15-24-19-34(20-29(24)38-21-23)28-10-7-12-37-31(28)39-32(34)43/h7,10,12,15-18,21,32,43H,3-6,8-9,11,13-14,19-20,22H2,1-2H3,(H,37,39). The minimum absolute atomic E-state index is 0.0199. The first-order valence-corrected chi connectivity index (χ1v) is 15.5. The number of carbonyl (C=O) groups excluding carboxylic acids is 1. The molecule has 228 valence electrons. The van der Waals surface area contributed by atoms with Gasteiger partial charge >= 0.3 is 0 Å². The van der Waals surface area contributed by atoms with E-state index in [4.69, 9.17) is 4.98 Å². The van der Waals surface area contributed by atoms with Crippen molar-refractivity contribution in [3.05, 3.63) is 88.4 Å². The van der Waals surface area contributed by atoms with Gasteiger partial charge in [-0.15, -0.1) is 0 Å². The largest absolute Gasteiger partial charge is 0.373 e. The van der Waals surface area contributed by atoms with Gasteiger partial charge in [0.15, 0.2) is 0 Å². The SMILES string of the molecule is CN1CCCCCCC(=O)N(CCCc2cnc3c(c2)CC2(C3)c3cccnc3NC2O)C(C)(c2cc(F)cc(F)c2)C1. The van der Waals surface area contributed by atoms with Gasteiger partial charge in [-0.3, -0.25) is 9.78 Å². The maximum atomic E-state index is 14.5. The molecule has 0 bridgehead atoms. The van der Waals surface area contributed by atoms with Crippen LogP contribution in [0.15, 0.2) is 48.8 Å². The second-order valence-corrected chi connectivity index (χ2v) is 12.9. The van der Waals surface area contributed by atoms with Gasteiger partial charge < -0.3 is 20.2 Å². The molecule has 0 saturated carbocycles. The Morgan fingerprint density at radius 3 is 2.67 bits per heavy atom. The van der Waals surface area contributed by atoms with Crippen LogP contribution in [0, 0.1) is 11.6 Å². The molecule has 43 heavy (non-hydrogen) atoms. The highest BCUT2D eigenvalue weighted by Crippen LogP contribution is 2.48. The number of halogens is 2. The van der Waals surface area contributed by atoms with Crippen LogP contribution in [0.25, 0.3) is 0 Å². The molecule has 7 nitrogen and oxygen atoms in total. The number of aliphatic hydroxyl groups is 1. The molecule has 1 fully saturated rings. The third-order valence-electron chi connectivity index (χ3n) is 9.73.